The first kappa shape index (κ1) is 11.1. The molecule has 0 aliphatic heterocycles. The van der Waals surface area contributed by atoms with Crippen molar-refractivity contribution in [2.45, 2.75) is 6.92 Å². The van der Waals surface area contributed by atoms with Gasteiger partial charge in [0.15, 0.2) is 5.65 Å². The molecule has 88 valence electrons. The van der Waals surface area contributed by atoms with E-state index in [2.05, 4.69) is 28.5 Å². The van der Waals surface area contributed by atoms with Gasteiger partial charge in [-0.2, -0.15) is 4.52 Å². The molecule has 0 amide bonds. The molecule has 0 bridgehead atoms. The number of ether oxygens (including phenoxy) is 1. The number of nitrogens with zero attached hydrogens (tertiary/aromatic N) is 4. The number of rotatable bonds is 3. The van der Waals surface area contributed by atoms with Gasteiger partial charge in [-0.05, 0) is 13.0 Å². The number of hydrogen-bond acceptors (Lipinski definition) is 5. The maximum Gasteiger partial charge on any atom is 0.179 e. The van der Waals surface area contributed by atoms with E-state index in [0.29, 0.717) is 28.5 Å². The van der Waals surface area contributed by atoms with Crippen molar-refractivity contribution in [2.75, 3.05) is 7.11 Å². The van der Waals surface area contributed by atoms with Gasteiger partial charge in [-0.1, -0.05) is 18.4 Å². The van der Waals surface area contributed by atoms with E-state index in [0.717, 1.165) is 0 Å². The van der Waals surface area contributed by atoms with Crippen molar-refractivity contribution in [3.63, 3.8) is 0 Å². The lowest BCUT2D eigenvalue weighted by atomic mass is 10.2. The van der Waals surface area contributed by atoms with Crippen molar-refractivity contribution in [3.8, 4) is 0 Å². The Bertz CT molecular complexity index is 615. The Hall–Kier alpha value is -2.37. The number of aryl methyl sites for hydroxylation is 1. The van der Waals surface area contributed by atoms with Crippen molar-refractivity contribution in [3.05, 3.63) is 36.3 Å². The molecule has 6 nitrogen and oxygen atoms in total. The summed E-state index contributed by atoms with van der Waals surface area (Å²) in [5.41, 5.74) is 2.10. The average Bonchev–Trinajstić information content (AvgIpc) is 2.69. The van der Waals surface area contributed by atoms with Gasteiger partial charge in [0.2, 0.25) is 0 Å². The lowest BCUT2D eigenvalue weighted by Crippen LogP contribution is -2.03. The molecule has 0 saturated carbocycles. The van der Waals surface area contributed by atoms with Gasteiger partial charge < -0.3 is 9.84 Å². The minimum atomic E-state index is -0.127. The lowest BCUT2D eigenvalue weighted by molar-refractivity contribution is 0.368. The zero-order valence-electron chi connectivity index (χ0n) is 9.64. The molecule has 0 atom stereocenters. The molecule has 0 spiro atoms. The number of aliphatic hydroxyl groups is 1. The first-order valence-electron chi connectivity index (χ1n) is 4.89. The summed E-state index contributed by atoms with van der Waals surface area (Å²) >= 11 is 0. The monoisotopic (exact) mass is 232 g/mol. The average molecular weight is 232 g/mol. The first-order chi connectivity index (χ1) is 8.04. The summed E-state index contributed by atoms with van der Waals surface area (Å²) in [6, 6.07) is 1.59. The van der Waals surface area contributed by atoms with E-state index in [1.807, 2.05) is 0 Å². The Balaban J connectivity index is 2.79. The molecule has 0 fully saturated rings. The van der Waals surface area contributed by atoms with E-state index >= 15 is 0 Å². The van der Waals surface area contributed by atoms with Crippen LogP contribution in [-0.4, -0.2) is 32.0 Å². The first-order valence-corrected chi connectivity index (χ1v) is 4.89. The van der Waals surface area contributed by atoms with Crippen molar-refractivity contribution in [1.29, 1.82) is 0 Å². The minimum Gasteiger partial charge on any atom is -0.506 e. The largest absolute Gasteiger partial charge is 0.506 e. The van der Waals surface area contributed by atoms with E-state index in [4.69, 9.17) is 4.74 Å². The highest BCUT2D eigenvalue weighted by molar-refractivity contribution is 5.64. The van der Waals surface area contributed by atoms with Gasteiger partial charge in [-0.3, -0.25) is 0 Å². The predicted octanol–water partition coefficient (Wildman–Crippen LogP) is 1.58. The van der Waals surface area contributed by atoms with Crippen LogP contribution in [0.3, 0.4) is 0 Å². The Labute approximate surface area is 97.9 Å². The van der Waals surface area contributed by atoms with Crippen LogP contribution in [0.5, 0.6) is 0 Å². The molecule has 6 heteroatoms. The van der Waals surface area contributed by atoms with Gasteiger partial charge >= 0.3 is 0 Å². The minimum absolute atomic E-state index is 0.127. The third-order valence-corrected chi connectivity index (χ3v) is 2.36. The lowest BCUT2D eigenvalue weighted by Gasteiger charge is -2.08. The molecule has 2 rings (SSSR count). The van der Waals surface area contributed by atoms with Crippen LogP contribution in [0.25, 0.3) is 17.2 Å². The van der Waals surface area contributed by atoms with E-state index in [1.54, 1.807) is 13.0 Å². The molecule has 0 aliphatic rings. The number of hydrogen-bond donors (Lipinski definition) is 1. The molecule has 0 aliphatic carbocycles. The Morgan fingerprint density at radius 1 is 1.47 bits per heavy atom. The molecule has 0 aromatic carbocycles. The number of aromatic nitrogens is 4. The van der Waals surface area contributed by atoms with Gasteiger partial charge in [-0.25, -0.2) is 4.98 Å². The predicted molar refractivity (Wildman–Crippen MR) is 63.2 cm³/mol. The van der Waals surface area contributed by atoms with Gasteiger partial charge in [-0.15, -0.1) is 5.10 Å². The standard InChI is InChI=1S/C11H12N4O2/c1-6-11-12-9(7(2)16)5-10(8(3)17-4)15(11)14-13-6/h5,16H,2-3H2,1,4H3. The fraction of sp³-hybridized carbons (Fsp3) is 0.182. The van der Waals surface area contributed by atoms with Crippen molar-refractivity contribution >= 4 is 17.2 Å². The second kappa shape index (κ2) is 3.89. The molecule has 0 unspecified atom stereocenters. The van der Waals surface area contributed by atoms with Crippen molar-refractivity contribution < 1.29 is 9.84 Å². The third-order valence-electron chi connectivity index (χ3n) is 2.36. The number of aliphatic hydroxyl groups excluding tert-OH is 1. The van der Waals surface area contributed by atoms with Crippen LogP contribution in [0, 0.1) is 6.92 Å². The zero-order chi connectivity index (χ0) is 12.6. The highest BCUT2D eigenvalue weighted by Gasteiger charge is 2.14. The van der Waals surface area contributed by atoms with Crippen LogP contribution in [-0.2, 0) is 4.74 Å². The molecule has 1 N–H and O–H groups in total. The van der Waals surface area contributed by atoms with Crippen LogP contribution in [0.15, 0.2) is 19.2 Å². The molecular formula is C11H12N4O2. The van der Waals surface area contributed by atoms with Crippen LogP contribution in [0.4, 0.5) is 0 Å². The van der Waals surface area contributed by atoms with E-state index in [9.17, 15) is 5.11 Å². The molecular weight excluding hydrogens is 220 g/mol. The molecule has 2 aromatic rings. The highest BCUT2D eigenvalue weighted by Crippen LogP contribution is 2.19. The third kappa shape index (κ3) is 1.73. The quantitative estimate of drug-likeness (QED) is 0.813. The maximum absolute atomic E-state index is 9.41. The summed E-state index contributed by atoms with van der Waals surface area (Å²) in [4.78, 5) is 4.20. The maximum atomic E-state index is 9.41. The summed E-state index contributed by atoms with van der Waals surface area (Å²) in [6.45, 7) is 8.97. The smallest absolute Gasteiger partial charge is 0.179 e. The Kier molecular flexibility index (Phi) is 2.55. The van der Waals surface area contributed by atoms with Crippen LogP contribution >= 0.6 is 0 Å². The summed E-state index contributed by atoms with van der Waals surface area (Å²) in [5, 5.41) is 17.3. The molecule has 2 heterocycles. The van der Waals surface area contributed by atoms with Gasteiger partial charge in [0.25, 0.3) is 0 Å². The zero-order valence-corrected chi connectivity index (χ0v) is 9.64. The molecule has 17 heavy (non-hydrogen) atoms. The second-order valence-corrected chi connectivity index (χ2v) is 3.51. The van der Waals surface area contributed by atoms with Gasteiger partial charge in [0, 0.05) is 0 Å². The summed E-state index contributed by atoms with van der Waals surface area (Å²) < 4.78 is 6.57. The highest BCUT2D eigenvalue weighted by atomic mass is 16.5. The second-order valence-electron chi connectivity index (χ2n) is 3.51. The Morgan fingerprint density at radius 2 is 2.18 bits per heavy atom. The number of methoxy groups -OCH3 is 1. The van der Waals surface area contributed by atoms with Gasteiger partial charge in [0.05, 0.1) is 7.11 Å². The number of fused-ring (bicyclic) bond motifs is 1. The van der Waals surface area contributed by atoms with Crippen LogP contribution in [0.2, 0.25) is 0 Å². The molecule has 0 saturated heterocycles. The van der Waals surface area contributed by atoms with Crippen LogP contribution in [0.1, 0.15) is 17.1 Å². The van der Waals surface area contributed by atoms with Crippen LogP contribution < -0.4 is 0 Å². The van der Waals surface area contributed by atoms with E-state index in [-0.39, 0.29) is 5.76 Å². The normalized spacial score (nSPS) is 10.5. The van der Waals surface area contributed by atoms with E-state index < -0.39 is 0 Å². The van der Waals surface area contributed by atoms with E-state index in [1.165, 1.54) is 11.6 Å². The van der Waals surface area contributed by atoms with Crippen molar-refractivity contribution in [1.82, 2.24) is 19.8 Å². The van der Waals surface area contributed by atoms with Crippen molar-refractivity contribution in [2.24, 2.45) is 0 Å². The molecule has 2 aromatic heterocycles. The summed E-state index contributed by atoms with van der Waals surface area (Å²) in [6.07, 6.45) is 0. The fourth-order valence-electron chi connectivity index (χ4n) is 1.43. The molecule has 0 radical (unpaired) electrons. The Morgan fingerprint density at radius 3 is 2.76 bits per heavy atom. The summed E-state index contributed by atoms with van der Waals surface area (Å²) in [7, 11) is 1.51. The fourth-order valence-corrected chi connectivity index (χ4v) is 1.43. The van der Waals surface area contributed by atoms with Gasteiger partial charge in [0.1, 0.15) is 28.6 Å². The SMILES string of the molecule is C=C(O)c1cc(C(=C)OC)n2nnc(C)c2n1. The topological polar surface area (TPSA) is 72.5 Å². The summed E-state index contributed by atoms with van der Waals surface area (Å²) in [5.74, 6) is 0.281.